The van der Waals surface area contributed by atoms with Crippen LogP contribution >= 0.6 is 0 Å². The first kappa shape index (κ1) is 30.3. The second-order valence-electron chi connectivity index (χ2n) is 16.9. The minimum absolute atomic E-state index is 0.114. The number of esters is 1. The molecule has 8 aliphatic rings. The van der Waals surface area contributed by atoms with Gasteiger partial charge in [-0.15, -0.1) is 0 Å². The largest absolute Gasteiger partial charge is 0.425 e. The predicted molar refractivity (Wildman–Crippen MR) is 189 cm³/mol. The number of ether oxygens (including phenoxy) is 1. The molecule has 9 heteroatoms. The Morgan fingerprint density at radius 3 is 1.98 bits per heavy atom. The molecule has 2 heterocycles. The van der Waals surface area contributed by atoms with Crippen LogP contribution in [0.2, 0.25) is 0 Å². The molecule has 0 spiro atoms. The maximum atomic E-state index is 14.3. The fourth-order valence-electron chi connectivity index (χ4n) is 12.0. The van der Waals surface area contributed by atoms with E-state index in [4.69, 9.17) is 9.72 Å². The van der Waals surface area contributed by atoms with Crippen LogP contribution in [0.25, 0.3) is 22.4 Å². The first-order valence-electron chi connectivity index (χ1n) is 18.7. The van der Waals surface area contributed by atoms with Gasteiger partial charge < -0.3 is 20.4 Å². The molecule has 8 bridgehead atoms. The normalized spacial score (nSPS) is 33.0. The standard InChI is InChI=1S/C41H43N5O4/c47-37(46-35-3-1-2-8-42-35)29-4-7-32-33(15-29)45-36(44-32)31-6-5-30(43-38(48)40-17-23-9-24(18-40)11-25(10-23)19-40)16-34(31)50-39(49)41-20-26-12-27(21-41)14-28(13-26)22-41/h1-8,15-16,23-28H,9-14,17-22H2,(H,43,48)(H,44,45)(H,42,46,47). The number of imidazole rings is 1. The van der Waals surface area contributed by atoms with Crippen LogP contribution in [0.15, 0.2) is 60.8 Å². The van der Waals surface area contributed by atoms with Gasteiger partial charge in [0.1, 0.15) is 17.4 Å². The van der Waals surface area contributed by atoms with E-state index in [-0.39, 0.29) is 23.2 Å². The number of hydrogen-bond donors (Lipinski definition) is 3. The smallest absolute Gasteiger partial charge is 0.317 e. The maximum Gasteiger partial charge on any atom is 0.317 e. The molecular formula is C41H43N5O4. The van der Waals surface area contributed by atoms with Crippen LogP contribution in [-0.2, 0) is 9.59 Å². The molecule has 0 unspecified atom stereocenters. The number of aromatic amines is 1. The Bertz CT molecular complexity index is 1960. The summed E-state index contributed by atoms with van der Waals surface area (Å²) in [6.07, 6.45) is 14.9. The molecule has 0 saturated heterocycles. The highest BCUT2D eigenvalue weighted by molar-refractivity contribution is 6.05. The van der Waals surface area contributed by atoms with Crippen LogP contribution in [-0.4, -0.2) is 32.7 Å². The molecule has 2 aromatic heterocycles. The number of rotatable bonds is 7. The van der Waals surface area contributed by atoms with E-state index in [9.17, 15) is 14.4 Å². The summed E-state index contributed by atoms with van der Waals surface area (Å²) >= 11 is 0. The zero-order valence-electron chi connectivity index (χ0n) is 28.3. The molecule has 8 aliphatic carbocycles. The first-order chi connectivity index (χ1) is 24.3. The highest BCUT2D eigenvalue weighted by atomic mass is 16.5. The van der Waals surface area contributed by atoms with E-state index >= 15 is 0 Å². The van der Waals surface area contributed by atoms with Crippen molar-refractivity contribution in [1.29, 1.82) is 0 Å². The molecule has 0 aliphatic heterocycles. The van der Waals surface area contributed by atoms with Crippen LogP contribution in [0, 0.1) is 46.3 Å². The zero-order chi connectivity index (χ0) is 33.6. The fraction of sp³-hybridized carbons (Fsp3) is 0.488. The number of nitrogens with zero attached hydrogens (tertiary/aromatic N) is 2. The average Bonchev–Trinajstić information content (AvgIpc) is 3.51. The number of anilines is 2. The first-order valence-corrected chi connectivity index (χ1v) is 18.7. The molecule has 12 rings (SSSR count). The number of aromatic nitrogens is 3. The summed E-state index contributed by atoms with van der Waals surface area (Å²) in [7, 11) is 0. The minimum atomic E-state index is -0.436. The second kappa shape index (κ2) is 11.2. The highest BCUT2D eigenvalue weighted by Crippen LogP contribution is 2.61. The van der Waals surface area contributed by atoms with Crippen molar-refractivity contribution in [1.82, 2.24) is 15.0 Å². The van der Waals surface area contributed by atoms with Gasteiger partial charge in [-0.3, -0.25) is 14.4 Å². The van der Waals surface area contributed by atoms with Crippen molar-refractivity contribution in [2.24, 2.45) is 46.3 Å². The van der Waals surface area contributed by atoms with Crippen molar-refractivity contribution in [2.45, 2.75) is 77.0 Å². The van der Waals surface area contributed by atoms with Crippen molar-refractivity contribution < 1.29 is 19.1 Å². The van der Waals surface area contributed by atoms with E-state index in [0.29, 0.717) is 75.2 Å². The Hall–Kier alpha value is -4.53. The summed E-state index contributed by atoms with van der Waals surface area (Å²) in [5, 5.41) is 6.11. The summed E-state index contributed by atoms with van der Waals surface area (Å²) in [5.74, 6) is 4.93. The van der Waals surface area contributed by atoms with E-state index in [1.165, 1.54) is 38.5 Å². The predicted octanol–water partition coefficient (Wildman–Crippen LogP) is 8.15. The number of pyridine rings is 1. The Kier molecular flexibility index (Phi) is 6.81. The number of hydrogen-bond acceptors (Lipinski definition) is 6. The molecule has 50 heavy (non-hydrogen) atoms. The van der Waals surface area contributed by atoms with Crippen molar-refractivity contribution in [2.75, 3.05) is 10.6 Å². The third kappa shape index (κ3) is 5.14. The summed E-state index contributed by atoms with van der Waals surface area (Å²) < 4.78 is 6.46. The molecule has 2 amide bonds. The zero-order valence-corrected chi connectivity index (χ0v) is 28.3. The van der Waals surface area contributed by atoms with E-state index in [0.717, 1.165) is 44.0 Å². The van der Waals surface area contributed by atoms with Crippen molar-refractivity contribution in [3.63, 3.8) is 0 Å². The van der Waals surface area contributed by atoms with Crippen LogP contribution in [0.4, 0.5) is 11.5 Å². The minimum Gasteiger partial charge on any atom is -0.425 e. The summed E-state index contributed by atoms with van der Waals surface area (Å²) in [6, 6.07) is 16.3. The van der Waals surface area contributed by atoms with Gasteiger partial charge >= 0.3 is 5.97 Å². The van der Waals surface area contributed by atoms with Gasteiger partial charge in [-0.2, -0.15) is 0 Å². The molecule has 4 aromatic rings. The van der Waals surface area contributed by atoms with E-state index in [1.807, 2.05) is 30.3 Å². The Balaban J connectivity index is 0.968. The molecule has 0 radical (unpaired) electrons. The Morgan fingerprint density at radius 1 is 0.720 bits per heavy atom. The van der Waals surface area contributed by atoms with Crippen LogP contribution in [0.3, 0.4) is 0 Å². The highest BCUT2D eigenvalue weighted by Gasteiger charge is 2.56. The van der Waals surface area contributed by atoms with Gasteiger partial charge in [0.2, 0.25) is 5.91 Å². The van der Waals surface area contributed by atoms with Crippen molar-refractivity contribution in [3.8, 4) is 17.1 Å². The number of amides is 2. The quantitative estimate of drug-likeness (QED) is 0.135. The molecular weight excluding hydrogens is 626 g/mol. The Morgan fingerprint density at radius 2 is 1.36 bits per heavy atom. The molecule has 8 fully saturated rings. The number of nitrogens with one attached hydrogen (secondary N) is 3. The molecule has 9 nitrogen and oxygen atoms in total. The Labute approximate surface area is 291 Å². The molecule has 256 valence electrons. The number of fused-ring (bicyclic) bond motifs is 1. The van der Waals surface area contributed by atoms with E-state index < -0.39 is 5.41 Å². The van der Waals surface area contributed by atoms with Crippen LogP contribution in [0.5, 0.6) is 5.75 Å². The fourth-order valence-corrected chi connectivity index (χ4v) is 12.0. The average molecular weight is 670 g/mol. The lowest BCUT2D eigenvalue weighted by molar-refractivity contribution is -0.161. The third-order valence-corrected chi connectivity index (χ3v) is 13.3. The van der Waals surface area contributed by atoms with E-state index in [2.05, 4.69) is 20.6 Å². The van der Waals surface area contributed by atoms with Gasteiger partial charge in [0, 0.05) is 23.5 Å². The lowest BCUT2D eigenvalue weighted by Crippen LogP contribution is -2.51. The molecule has 3 N–H and O–H groups in total. The number of carbonyl (C=O) groups excluding carboxylic acids is 3. The van der Waals surface area contributed by atoms with Crippen molar-refractivity contribution in [3.05, 3.63) is 66.4 Å². The van der Waals surface area contributed by atoms with Gasteiger partial charge in [0.25, 0.3) is 5.91 Å². The molecule has 8 saturated carbocycles. The summed E-state index contributed by atoms with van der Waals surface area (Å²) in [5.41, 5.74) is 2.39. The third-order valence-electron chi connectivity index (χ3n) is 13.3. The number of carbonyl (C=O) groups is 3. The van der Waals surface area contributed by atoms with Gasteiger partial charge in [-0.05, 0) is 155 Å². The SMILES string of the molecule is O=C(Nc1ccccn1)c1ccc2[nH]c(-c3ccc(NC(=O)C45CC6CC(CC(C6)C4)C5)cc3OC(=O)C34CC5CC(CC(C5)C3)C4)nc2c1. The lowest BCUT2D eigenvalue weighted by Gasteiger charge is -2.55. The lowest BCUT2D eigenvalue weighted by atomic mass is 9.49. The van der Waals surface area contributed by atoms with E-state index in [1.54, 1.807) is 30.5 Å². The molecule has 0 atom stereocenters. The van der Waals surface area contributed by atoms with Gasteiger partial charge in [0.15, 0.2) is 0 Å². The monoisotopic (exact) mass is 669 g/mol. The topological polar surface area (TPSA) is 126 Å². The number of benzene rings is 2. The van der Waals surface area contributed by atoms with Crippen LogP contribution in [0.1, 0.15) is 87.4 Å². The summed E-state index contributed by atoms with van der Waals surface area (Å²) in [4.78, 5) is 53.8. The maximum absolute atomic E-state index is 14.3. The second-order valence-corrected chi connectivity index (χ2v) is 16.9. The van der Waals surface area contributed by atoms with Gasteiger partial charge in [-0.1, -0.05) is 6.07 Å². The van der Waals surface area contributed by atoms with Gasteiger partial charge in [0.05, 0.1) is 27.4 Å². The molecule has 2 aromatic carbocycles. The van der Waals surface area contributed by atoms with Crippen LogP contribution < -0.4 is 15.4 Å². The van der Waals surface area contributed by atoms with Crippen molar-refractivity contribution >= 4 is 40.3 Å². The number of H-pyrrole nitrogens is 1. The van der Waals surface area contributed by atoms with Gasteiger partial charge in [-0.25, -0.2) is 9.97 Å². The summed E-state index contributed by atoms with van der Waals surface area (Å²) in [6.45, 7) is 0.